The summed E-state index contributed by atoms with van der Waals surface area (Å²) in [6.07, 6.45) is 0.768. The van der Waals surface area contributed by atoms with E-state index in [1.165, 1.54) is 12.1 Å². The summed E-state index contributed by atoms with van der Waals surface area (Å²) in [5, 5.41) is 4.01. The Kier molecular flexibility index (Phi) is 4.72. The molecule has 0 fully saturated rings. The standard InChI is InChI=1S/C20H17FN2O/c1-14(2)12-19-22-20(23-24-19)17-10-8-15(9-11-17)6-7-16-4-3-5-18(21)13-16/h3-5,8-11,13-14H,12H2,1-2H3. The normalized spacial score (nSPS) is 10.5. The maximum absolute atomic E-state index is 13.1. The lowest BCUT2D eigenvalue weighted by atomic mass is 10.1. The molecule has 0 aliphatic rings. The first-order valence-corrected chi connectivity index (χ1v) is 7.81. The Hall–Kier alpha value is -2.93. The molecule has 0 spiro atoms. The van der Waals surface area contributed by atoms with Gasteiger partial charge in [0.05, 0.1) is 0 Å². The number of benzene rings is 2. The van der Waals surface area contributed by atoms with Crippen LogP contribution in [0.4, 0.5) is 4.39 Å². The zero-order valence-electron chi connectivity index (χ0n) is 13.6. The van der Waals surface area contributed by atoms with Gasteiger partial charge in [-0.25, -0.2) is 4.39 Å². The highest BCUT2D eigenvalue weighted by Gasteiger charge is 2.09. The second-order valence-corrected chi connectivity index (χ2v) is 5.95. The molecular weight excluding hydrogens is 303 g/mol. The molecule has 4 heteroatoms. The van der Waals surface area contributed by atoms with Crippen LogP contribution in [-0.2, 0) is 6.42 Å². The summed E-state index contributed by atoms with van der Waals surface area (Å²) in [5.41, 5.74) is 2.37. The van der Waals surface area contributed by atoms with Crippen molar-refractivity contribution < 1.29 is 8.91 Å². The maximum atomic E-state index is 13.1. The molecule has 1 aromatic heterocycles. The Balaban J connectivity index is 1.75. The van der Waals surface area contributed by atoms with Crippen LogP contribution in [-0.4, -0.2) is 10.1 Å². The molecular formula is C20H17FN2O. The van der Waals surface area contributed by atoms with Crippen LogP contribution < -0.4 is 0 Å². The number of hydrogen-bond acceptors (Lipinski definition) is 3. The molecule has 0 atom stereocenters. The Labute approximate surface area is 140 Å². The second-order valence-electron chi connectivity index (χ2n) is 5.95. The first-order valence-electron chi connectivity index (χ1n) is 7.81. The van der Waals surface area contributed by atoms with Gasteiger partial charge < -0.3 is 4.52 Å². The topological polar surface area (TPSA) is 38.9 Å². The van der Waals surface area contributed by atoms with Crippen molar-refractivity contribution in [2.24, 2.45) is 5.92 Å². The van der Waals surface area contributed by atoms with E-state index >= 15 is 0 Å². The molecule has 0 aliphatic heterocycles. The van der Waals surface area contributed by atoms with E-state index < -0.39 is 0 Å². The predicted octanol–water partition coefficient (Wildman–Crippen LogP) is 4.47. The van der Waals surface area contributed by atoms with Crippen molar-refractivity contribution in [1.82, 2.24) is 10.1 Å². The molecule has 3 rings (SSSR count). The first-order chi connectivity index (χ1) is 11.6. The number of aromatic nitrogens is 2. The van der Waals surface area contributed by atoms with Crippen LogP contribution in [0.15, 0.2) is 53.1 Å². The van der Waals surface area contributed by atoms with Crippen molar-refractivity contribution in [2.45, 2.75) is 20.3 Å². The van der Waals surface area contributed by atoms with Crippen LogP contribution in [0.1, 0.15) is 30.9 Å². The fraction of sp³-hybridized carbons (Fsp3) is 0.200. The van der Waals surface area contributed by atoms with Crippen molar-refractivity contribution in [3.8, 4) is 23.2 Å². The lowest BCUT2D eigenvalue weighted by Crippen LogP contribution is -1.93. The molecule has 24 heavy (non-hydrogen) atoms. The number of hydrogen-bond donors (Lipinski definition) is 0. The van der Waals surface area contributed by atoms with E-state index in [0.717, 1.165) is 17.5 Å². The minimum atomic E-state index is -0.286. The van der Waals surface area contributed by atoms with E-state index in [1.807, 2.05) is 24.3 Å². The van der Waals surface area contributed by atoms with Crippen LogP contribution in [0.25, 0.3) is 11.4 Å². The zero-order chi connectivity index (χ0) is 16.9. The number of halogens is 1. The van der Waals surface area contributed by atoms with Gasteiger partial charge in [0.2, 0.25) is 11.7 Å². The molecule has 1 heterocycles. The third-order valence-electron chi connectivity index (χ3n) is 3.37. The maximum Gasteiger partial charge on any atom is 0.227 e. The lowest BCUT2D eigenvalue weighted by molar-refractivity contribution is 0.363. The Morgan fingerprint density at radius 3 is 2.50 bits per heavy atom. The van der Waals surface area contributed by atoms with E-state index in [9.17, 15) is 4.39 Å². The van der Waals surface area contributed by atoms with Gasteiger partial charge >= 0.3 is 0 Å². The van der Waals surface area contributed by atoms with Crippen molar-refractivity contribution in [3.63, 3.8) is 0 Å². The fourth-order valence-corrected chi connectivity index (χ4v) is 2.22. The second kappa shape index (κ2) is 7.10. The summed E-state index contributed by atoms with van der Waals surface area (Å²) in [6, 6.07) is 13.8. The highest BCUT2D eigenvalue weighted by Crippen LogP contribution is 2.17. The lowest BCUT2D eigenvalue weighted by Gasteiger charge is -1.96. The van der Waals surface area contributed by atoms with Gasteiger partial charge in [0, 0.05) is 23.1 Å². The minimum Gasteiger partial charge on any atom is -0.339 e. The largest absolute Gasteiger partial charge is 0.339 e. The summed E-state index contributed by atoms with van der Waals surface area (Å²) in [4.78, 5) is 4.40. The van der Waals surface area contributed by atoms with Gasteiger partial charge in [0.25, 0.3) is 0 Å². The first kappa shape index (κ1) is 15.9. The van der Waals surface area contributed by atoms with Crippen LogP contribution in [0.2, 0.25) is 0 Å². The van der Waals surface area contributed by atoms with Gasteiger partial charge in [0.15, 0.2) is 0 Å². The highest BCUT2D eigenvalue weighted by atomic mass is 19.1. The molecule has 0 unspecified atom stereocenters. The van der Waals surface area contributed by atoms with Crippen LogP contribution in [0.3, 0.4) is 0 Å². The summed E-state index contributed by atoms with van der Waals surface area (Å²) in [7, 11) is 0. The summed E-state index contributed by atoms with van der Waals surface area (Å²) in [5.74, 6) is 7.38. The Morgan fingerprint density at radius 2 is 1.79 bits per heavy atom. The fourth-order valence-electron chi connectivity index (χ4n) is 2.22. The van der Waals surface area contributed by atoms with Crippen molar-refractivity contribution in [1.29, 1.82) is 0 Å². The smallest absolute Gasteiger partial charge is 0.227 e. The van der Waals surface area contributed by atoms with Gasteiger partial charge in [-0.2, -0.15) is 4.98 Å². The molecule has 0 aliphatic carbocycles. The number of rotatable bonds is 3. The van der Waals surface area contributed by atoms with Crippen LogP contribution >= 0.6 is 0 Å². The van der Waals surface area contributed by atoms with E-state index in [4.69, 9.17) is 4.52 Å². The monoisotopic (exact) mass is 320 g/mol. The summed E-state index contributed by atoms with van der Waals surface area (Å²) in [6.45, 7) is 4.21. The highest BCUT2D eigenvalue weighted by molar-refractivity contribution is 5.56. The van der Waals surface area contributed by atoms with E-state index in [0.29, 0.717) is 23.2 Å². The molecule has 0 radical (unpaired) electrons. The molecule has 3 aromatic rings. The third kappa shape index (κ3) is 4.08. The molecule has 0 amide bonds. The van der Waals surface area contributed by atoms with E-state index in [1.54, 1.807) is 12.1 Å². The van der Waals surface area contributed by atoms with Gasteiger partial charge in [0.1, 0.15) is 5.82 Å². The Bertz CT molecular complexity index is 886. The van der Waals surface area contributed by atoms with Crippen LogP contribution in [0.5, 0.6) is 0 Å². The van der Waals surface area contributed by atoms with Crippen molar-refractivity contribution in [3.05, 3.63) is 71.4 Å². The molecule has 120 valence electrons. The summed E-state index contributed by atoms with van der Waals surface area (Å²) >= 11 is 0. The van der Waals surface area contributed by atoms with Gasteiger partial charge in [-0.1, -0.05) is 36.9 Å². The molecule has 0 saturated carbocycles. The quantitative estimate of drug-likeness (QED) is 0.668. The zero-order valence-corrected chi connectivity index (χ0v) is 13.6. The molecule has 3 nitrogen and oxygen atoms in total. The van der Waals surface area contributed by atoms with Crippen molar-refractivity contribution >= 4 is 0 Å². The van der Waals surface area contributed by atoms with E-state index in [-0.39, 0.29) is 5.82 Å². The van der Waals surface area contributed by atoms with Gasteiger partial charge in [-0.3, -0.25) is 0 Å². The Morgan fingerprint density at radius 1 is 1.04 bits per heavy atom. The average Bonchev–Trinajstić information content (AvgIpc) is 3.01. The van der Waals surface area contributed by atoms with Gasteiger partial charge in [-0.15, -0.1) is 0 Å². The molecule has 0 N–H and O–H groups in total. The number of nitrogens with zero attached hydrogens (tertiary/aromatic N) is 2. The minimum absolute atomic E-state index is 0.286. The predicted molar refractivity (Wildman–Crippen MR) is 90.7 cm³/mol. The average molecular weight is 320 g/mol. The third-order valence-corrected chi connectivity index (χ3v) is 3.37. The van der Waals surface area contributed by atoms with E-state index in [2.05, 4.69) is 35.8 Å². The van der Waals surface area contributed by atoms with Crippen molar-refractivity contribution in [2.75, 3.05) is 0 Å². The van der Waals surface area contributed by atoms with Gasteiger partial charge in [-0.05, 0) is 48.4 Å². The van der Waals surface area contributed by atoms with Crippen LogP contribution in [0, 0.1) is 23.6 Å². The SMILES string of the molecule is CC(C)Cc1nc(-c2ccc(C#Cc3cccc(F)c3)cc2)no1. The summed E-state index contributed by atoms with van der Waals surface area (Å²) < 4.78 is 18.4. The molecule has 2 aromatic carbocycles. The molecule has 0 bridgehead atoms. The molecule has 0 saturated heterocycles.